The van der Waals surface area contributed by atoms with E-state index in [0.717, 1.165) is 11.1 Å². The minimum atomic E-state index is -2.13. The first kappa shape index (κ1) is 11.9. The summed E-state index contributed by atoms with van der Waals surface area (Å²) in [4.78, 5) is 0.402. The molecule has 0 spiro atoms. The van der Waals surface area contributed by atoms with E-state index >= 15 is 0 Å². The zero-order valence-electron chi connectivity index (χ0n) is 6.79. The summed E-state index contributed by atoms with van der Waals surface area (Å²) in [6.07, 6.45) is 0. The van der Waals surface area contributed by atoms with Crippen LogP contribution in [-0.4, -0.2) is 8.76 Å². The minimum absolute atomic E-state index is 0.183. The third kappa shape index (κ3) is 3.14. The van der Waals surface area contributed by atoms with Gasteiger partial charge in [-0.25, -0.2) is 0 Å². The van der Waals surface area contributed by atoms with Gasteiger partial charge in [-0.15, -0.1) is 0 Å². The first-order chi connectivity index (χ1) is 6.02. The van der Waals surface area contributed by atoms with Gasteiger partial charge in [0.05, 0.1) is 1.93 Å². The van der Waals surface area contributed by atoms with Gasteiger partial charge in [0.25, 0.3) is 0 Å². The Hall–Kier alpha value is 0.790. The smallest absolute Gasteiger partial charge is 0.0886 e. The number of halogens is 2. The van der Waals surface area contributed by atoms with Crippen molar-refractivity contribution >= 4 is 56.3 Å². The van der Waals surface area contributed by atoms with Gasteiger partial charge in [-0.05, 0) is 29.6 Å². The molecule has 1 aromatic carbocycles. The van der Waals surface area contributed by atoms with Crippen molar-refractivity contribution < 1.29 is 8.76 Å². The van der Waals surface area contributed by atoms with Crippen molar-refractivity contribution in [1.29, 1.82) is 0 Å². The number of rotatable bonds is 2. The Morgan fingerprint density at radius 2 is 2.08 bits per heavy atom. The normalized spacial score (nSPS) is 13.3. The van der Waals surface area contributed by atoms with Crippen molar-refractivity contribution in [3.05, 3.63) is 29.3 Å². The Morgan fingerprint density at radius 1 is 1.46 bits per heavy atom. The summed E-state index contributed by atoms with van der Waals surface area (Å²) in [6.45, 7) is 1.96. The quantitative estimate of drug-likeness (QED) is 0.419. The number of hydrogen-bond acceptors (Lipinski definition) is 2. The first-order valence-electron chi connectivity index (χ1n) is 3.50. The number of hydrogen-bond donors (Lipinski definition) is 0. The van der Waals surface area contributed by atoms with E-state index in [1.54, 1.807) is 6.07 Å². The third-order valence-corrected chi connectivity index (χ3v) is 3.65. The van der Waals surface area contributed by atoms with Crippen molar-refractivity contribution in [2.75, 3.05) is 0 Å². The van der Waals surface area contributed by atoms with Crippen LogP contribution in [0.15, 0.2) is 23.1 Å². The van der Waals surface area contributed by atoms with Crippen molar-refractivity contribution in [3.8, 4) is 0 Å². The predicted octanol–water partition coefficient (Wildman–Crippen LogP) is 3.10. The van der Waals surface area contributed by atoms with E-state index in [9.17, 15) is 8.76 Å². The molecule has 0 N–H and O–H groups in total. The second-order valence-corrected chi connectivity index (χ2v) is 8.36. The lowest BCUT2D eigenvalue weighted by molar-refractivity contribution is 0.536. The molecule has 0 fully saturated rings. The fourth-order valence-corrected chi connectivity index (χ4v) is 2.99. The SMILES string of the molecule is Cc1ccc(S(=O)[O-])c(C(I)I)c1. The molecule has 0 aliphatic rings. The predicted molar refractivity (Wildman–Crippen MR) is 69.1 cm³/mol. The van der Waals surface area contributed by atoms with Crippen LogP contribution in [0.5, 0.6) is 0 Å². The van der Waals surface area contributed by atoms with Gasteiger partial charge in [-0.1, -0.05) is 62.9 Å². The van der Waals surface area contributed by atoms with Crippen LogP contribution in [0.1, 0.15) is 13.1 Å². The lowest BCUT2D eigenvalue weighted by atomic mass is 10.2. The molecule has 0 aromatic heterocycles. The van der Waals surface area contributed by atoms with E-state index in [1.807, 2.05) is 19.1 Å². The van der Waals surface area contributed by atoms with Gasteiger partial charge in [0.2, 0.25) is 0 Å². The Balaban J connectivity index is 3.26. The fraction of sp³-hybridized carbons (Fsp3) is 0.250. The van der Waals surface area contributed by atoms with Crippen molar-refractivity contribution in [2.45, 2.75) is 13.8 Å². The van der Waals surface area contributed by atoms with Crippen LogP contribution in [0.25, 0.3) is 0 Å². The maximum Gasteiger partial charge on any atom is 0.0886 e. The highest BCUT2D eigenvalue weighted by Crippen LogP contribution is 2.34. The molecular weight excluding hydrogens is 414 g/mol. The molecular formula is C8H7I2O2S-. The van der Waals surface area contributed by atoms with E-state index in [4.69, 9.17) is 0 Å². The van der Waals surface area contributed by atoms with E-state index in [0.29, 0.717) is 4.90 Å². The van der Waals surface area contributed by atoms with Crippen LogP contribution < -0.4 is 0 Å². The number of aryl methyl sites for hydroxylation is 1. The van der Waals surface area contributed by atoms with Crippen LogP contribution in [0, 0.1) is 6.92 Å². The summed E-state index contributed by atoms with van der Waals surface area (Å²) < 4.78 is 21.8. The Kier molecular flexibility index (Phi) is 4.59. The van der Waals surface area contributed by atoms with Gasteiger partial charge in [-0.3, -0.25) is 4.21 Å². The summed E-state index contributed by atoms with van der Waals surface area (Å²) >= 11 is 2.27. The van der Waals surface area contributed by atoms with E-state index in [-0.39, 0.29) is 1.93 Å². The zero-order valence-corrected chi connectivity index (χ0v) is 11.9. The third-order valence-electron chi connectivity index (χ3n) is 1.58. The lowest BCUT2D eigenvalue weighted by Crippen LogP contribution is -1.96. The Morgan fingerprint density at radius 3 is 2.54 bits per heavy atom. The number of alkyl halides is 2. The van der Waals surface area contributed by atoms with Crippen LogP contribution in [-0.2, 0) is 11.1 Å². The zero-order chi connectivity index (χ0) is 10.0. The molecule has 0 bridgehead atoms. The van der Waals surface area contributed by atoms with Crippen LogP contribution in [0.3, 0.4) is 0 Å². The molecule has 0 aliphatic heterocycles. The van der Waals surface area contributed by atoms with Gasteiger partial charge in [0, 0.05) is 4.90 Å². The molecule has 0 amide bonds. The monoisotopic (exact) mass is 421 g/mol. The highest BCUT2D eigenvalue weighted by Gasteiger charge is 2.09. The summed E-state index contributed by atoms with van der Waals surface area (Å²) in [5, 5.41) is 0. The largest absolute Gasteiger partial charge is 0.768 e. The second-order valence-electron chi connectivity index (χ2n) is 2.58. The molecule has 0 radical (unpaired) electrons. The Bertz CT molecular complexity index is 339. The molecule has 1 unspecified atom stereocenters. The van der Waals surface area contributed by atoms with Crippen LogP contribution >= 0.6 is 45.2 Å². The van der Waals surface area contributed by atoms with E-state index in [1.165, 1.54) is 0 Å². The molecule has 0 saturated heterocycles. The minimum Gasteiger partial charge on any atom is -0.768 e. The van der Waals surface area contributed by atoms with Crippen molar-refractivity contribution in [3.63, 3.8) is 0 Å². The molecule has 0 aliphatic carbocycles. The van der Waals surface area contributed by atoms with Crippen LogP contribution in [0.2, 0.25) is 0 Å². The first-order valence-corrected chi connectivity index (χ1v) is 7.07. The second kappa shape index (κ2) is 5.04. The fourth-order valence-electron chi connectivity index (χ4n) is 0.990. The van der Waals surface area contributed by atoms with Crippen molar-refractivity contribution in [2.24, 2.45) is 0 Å². The van der Waals surface area contributed by atoms with Crippen molar-refractivity contribution in [1.82, 2.24) is 0 Å². The summed E-state index contributed by atoms with van der Waals surface area (Å²) in [5.74, 6) is 0. The summed E-state index contributed by atoms with van der Waals surface area (Å²) in [5.41, 5.74) is 1.96. The standard InChI is InChI=1S/C8H8I2O2S/c1-5-2-3-7(13(11)12)6(4-5)8(9)10/h2-4,8H,1H3,(H,11,12)/p-1. The topological polar surface area (TPSA) is 40.1 Å². The summed E-state index contributed by atoms with van der Waals surface area (Å²) in [6, 6.07) is 5.37. The maximum atomic E-state index is 10.8. The van der Waals surface area contributed by atoms with Gasteiger partial charge in [0.15, 0.2) is 0 Å². The van der Waals surface area contributed by atoms with E-state index < -0.39 is 11.1 Å². The Labute approximate surface area is 107 Å². The van der Waals surface area contributed by atoms with Gasteiger partial charge < -0.3 is 4.55 Å². The highest BCUT2D eigenvalue weighted by atomic mass is 127. The molecule has 1 atom stereocenters. The summed E-state index contributed by atoms with van der Waals surface area (Å²) in [7, 11) is 0. The molecule has 72 valence electrons. The molecule has 0 saturated carbocycles. The number of benzene rings is 1. The molecule has 13 heavy (non-hydrogen) atoms. The highest BCUT2D eigenvalue weighted by molar-refractivity contribution is 14.2. The average Bonchev–Trinajstić information content (AvgIpc) is 2.03. The van der Waals surface area contributed by atoms with Crippen LogP contribution in [0.4, 0.5) is 0 Å². The van der Waals surface area contributed by atoms with Gasteiger partial charge >= 0.3 is 0 Å². The maximum absolute atomic E-state index is 10.8. The lowest BCUT2D eigenvalue weighted by Gasteiger charge is -2.13. The average molecular weight is 421 g/mol. The molecule has 1 rings (SSSR count). The molecule has 5 heteroatoms. The molecule has 0 heterocycles. The van der Waals surface area contributed by atoms with Gasteiger partial charge in [0.1, 0.15) is 0 Å². The van der Waals surface area contributed by atoms with Gasteiger partial charge in [-0.2, -0.15) is 0 Å². The molecule has 1 aromatic rings. The van der Waals surface area contributed by atoms with E-state index in [2.05, 4.69) is 45.2 Å². The molecule has 2 nitrogen and oxygen atoms in total.